The first-order chi connectivity index (χ1) is 7.88. The van der Waals surface area contributed by atoms with E-state index in [1.54, 1.807) is 0 Å². The highest BCUT2D eigenvalue weighted by molar-refractivity contribution is 5.46. The lowest BCUT2D eigenvalue weighted by Crippen LogP contribution is -2.03. The number of alkyl halides is 3. The van der Waals surface area contributed by atoms with Gasteiger partial charge >= 0.3 is 6.18 Å². The van der Waals surface area contributed by atoms with Gasteiger partial charge in [0.25, 0.3) is 0 Å². The molecule has 0 fully saturated rings. The van der Waals surface area contributed by atoms with Gasteiger partial charge in [0.05, 0.1) is 11.8 Å². The maximum Gasteiger partial charge on any atom is 0.419 e. The molecule has 7 heteroatoms. The van der Waals surface area contributed by atoms with Crippen LogP contribution in [0.5, 0.6) is 0 Å². The van der Waals surface area contributed by atoms with Gasteiger partial charge in [0.1, 0.15) is 5.69 Å². The molecule has 2 N–H and O–H groups in total. The number of hydrogen-bond acceptors (Lipinski definition) is 2. The number of nitrogen functional groups attached to an aromatic ring is 1. The van der Waals surface area contributed by atoms with Crippen LogP contribution >= 0.6 is 0 Å². The fraction of sp³-hybridized carbons (Fsp3) is 0.100. The predicted molar refractivity (Wildman–Crippen MR) is 52.9 cm³/mol. The number of benzene rings is 1. The summed E-state index contributed by atoms with van der Waals surface area (Å²) >= 11 is 0. The predicted octanol–water partition coefficient (Wildman–Crippen LogP) is 2.61. The average Bonchev–Trinajstić information content (AvgIpc) is 2.65. The number of halogens is 4. The lowest BCUT2D eigenvalue weighted by atomic mass is 10.2. The summed E-state index contributed by atoms with van der Waals surface area (Å²) in [5.41, 5.74) is 4.50. The molecule has 1 aromatic heterocycles. The lowest BCUT2D eigenvalue weighted by molar-refractivity contribution is -0.137. The SMILES string of the molecule is Nc1ccc(-n2cc(C(F)(F)F)cn2)c(F)c1. The molecule has 0 spiro atoms. The number of aromatic nitrogens is 2. The van der Waals surface area contributed by atoms with Gasteiger partial charge < -0.3 is 5.73 Å². The van der Waals surface area contributed by atoms with E-state index in [1.807, 2.05) is 0 Å². The van der Waals surface area contributed by atoms with Crippen LogP contribution in [0.3, 0.4) is 0 Å². The molecule has 0 saturated heterocycles. The molecule has 0 aliphatic carbocycles. The van der Waals surface area contributed by atoms with Crippen molar-refractivity contribution in [3.8, 4) is 5.69 Å². The first-order valence-electron chi connectivity index (χ1n) is 4.55. The van der Waals surface area contributed by atoms with Gasteiger partial charge in [-0.25, -0.2) is 9.07 Å². The number of hydrogen-bond donors (Lipinski definition) is 1. The normalized spacial score (nSPS) is 11.8. The molecule has 0 radical (unpaired) electrons. The maximum atomic E-state index is 13.4. The molecule has 1 aromatic carbocycles. The van der Waals surface area contributed by atoms with E-state index in [0.29, 0.717) is 12.4 Å². The first kappa shape index (κ1) is 11.4. The highest BCUT2D eigenvalue weighted by Crippen LogP contribution is 2.29. The Bertz CT molecular complexity index is 545. The zero-order valence-electron chi connectivity index (χ0n) is 8.37. The Labute approximate surface area is 93.5 Å². The quantitative estimate of drug-likeness (QED) is 0.620. The molecule has 17 heavy (non-hydrogen) atoms. The van der Waals surface area contributed by atoms with Gasteiger partial charge in [-0.05, 0) is 18.2 Å². The van der Waals surface area contributed by atoms with E-state index < -0.39 is 17.6 Å². The molecule has 0 bridgehead atoms. The Kier molecular flexibility index (Phi) is 2.53. The van der Waals surface area contributed by atoms with E-state index >= 15 is 0 Å². The van der Waals surface area contributed by atoms with Gasteiger partial charge in [0.2, 0.25) is 0 Å². The van der Waals surface area contributed by atoms with Gasteiger partial charge in [-0.1, -0.05) is 0 Å². The van der Waals surface area contributed by atoms with Crippen LogP contribution in [0.25, 0.3) is 5.69 Å². The van der Waals surface area contributed by atoms with Crippen molar-refractivity contribution in [1.82, 2.24) is 9.78 Å². The Morgan fingerprint density at radius 3 is 2.47 bits per heavy atom. The fourth-order valence-electron chi connectivity index (χ4n) is 1.31. The van der Waals surface area contributed by atoms with E-state index in [2.05, 4.69) is 5.10 Å². The third-order valence-corrected chi connectivity index (χ3v) is 2.13. The fourth-order valence-corrected chi connectivity index (χ4v) is 1.31. The minimum absolute atomic E-state index is 0.0882. The standard InChI is InChI=1S/C10H7F4N3/c11-8-3-7(15)1-2-9(8)17-5-6(4-16-17)10(12,13)14/h1-5H,15H2. The lowest BCUT2D eigenvalue weighted by Gasteiger charge is -2.04. The van der Waals surface area contributed by atoms with Gasteiger partial charge in [0.15, 0.2) is 5.82 Å². The number of nitrogens with zero attached hydrogens (tertiary/aromatic N) is 2. The van der Waals surface area contributed by atoms with Gasteiger partial charge in [-0.2, -0.15) is 18.3 Å². The Hall–Kier alpha value is -2.05. The second kappa shape index (κ2) is 3.76. The average molecular weight is 245 g/mol. The Balaban J connectivity index is 2.44. The largest absolute Gasteiger partial charge is 0.419 e. The summed E-state index contributed by atoms with van der Waals surface area (Å²) < 4.78 is 51.2. The van der Waals surface area contributed by atoms with E-state index in [0.717, 1.165) is 10.7 Å². The molecule has 2 rings (SSSR count). The van der Waals surface area contributed by atoms with Crippen molar-refractivity contribution in [2.45, 2.75) is 6.18 Å². The van der Waals surface area contributed by atoms with Crippen LogP contribution in [0.2, 0.25) is 0 Å². The first-order valence-corrected chi connectivity index (χ1v) is 4.55. The third kappa shape index (κ3) is 2.22. The molecule has 2 aromatic rings. The zero-order valence-corrected chi connectivity index (χ0v) is 8.37. The van der Waals surface area contributed by atoms with Crippen LogP contribution in [0, 0.1) is 5.82 Å². The Morgan fingerprint density at radius 1 is 1.24 bits per heavy atom. The molecule has 3 nitrogen and oxygen atoms in total. The summed E-state index contributed by atoms with van der Waals surface area (Å²) in [4.78, 5) is 0. The summed E-state index contributed by atoms with van der Waals surface area (Å²) in [5.74, 6) is -0.734. The summed E-state index contributed by atoms with van der Waals surface area (Å²) in [6.07, 6.45) is -3.15. The molecule has 0 saturated carbocycles. The van der Waals surface area contributed by atoms with Crippen molar-refractivity contribution in [2.24, 2.45) is 0 Å². The van der Waals surface area contributed by atoms with Crippen LogP contribution in [0.15, 0.2) is 30.6 Å². The molecule has 1 heterocycles. The summed E-state index contributed by atoms with van der Waals surface area (Å²) in [6, 6.07) is 3.66. The van der Waals surface area contributed by atoms with Gasteiger partial charge in [0, 0.05) is 11.9 Å². The van der Waals surface area contributed by atoms with Crippen LogP contribution in [0.1, 0.15) is 5.56 Å². The van der Waals surface area contributed by atoms with Crippen LogP contribution in [-0.4, -0.2) is 9.78 Å². The van der Waals surface area contributed by atoms with Crippen LogP contribution < -0.4 is 5.73 Å². The monoisotopic (exact) mass is 245 g/mol. The molecule has 0 unspecified atom stereocenters. The van der Waals surface area contributed by atoms with E-state index in [-0.39, 0.29) is 11.4 Å². The zero-order chi connectivity index (χ0) is 12.6. The highest BCUT2D eigenvalue weighted by atomic mass is 19.4. The summed E-state index contributed by atoms with van der Waals surface area (Å²) in [6.45, 7) is 0. The highest BCUT2D eigenvalue weighted by Gasteiger charge is 2.32. The van der Waals surface area contributed by atoms with E-state index in [1.165, 1.54) is 12.1 Å². The second-order valence-corrected chi connectivity index (χ2v) is 3.38. The third-order valence-electron chi connectivity index (χ3n) is 2.13. The Morgan fingerprint density at radius 2 is 1.94 bits per heavy atom. The second-order valence-electron chi connectivity index (χ2n) is 3.38. The van der Waals surface area contributed by atoms with E-state index in [4.69, 9.17) is 5.73 Å². The van der Waals surface area contributed by atoms with Crippen molar-refractivity contribution < 1.29 is 17.6 Å². The van der Waals surface area contributed by atoms with Crippen molar-refractivity contribution in [3.63, 3.8) is 0 Å². The van der Waals surface area contributed by atoms with Crippen molar-refractivity contribution >= 4 is 5.69 Å². The molecular weight excluding hydrogens is 238 g/mol. The van der Waals surface area contributed by atoms with Crippen molar-refractivity contribution in [2.75, 3.05) is 5.73 Å². The van der Waals surface area contributed by atoms with Crippen molar-refractivity contribution in [1.29, 1.82) is 0 Å². The molecule has 0 aliphatic rings. The minimum Gasteiger partial charge on any atom is -0.399 e. The van der Waals surface area contributed by atoms with Gasteiger partial charge in [-0.3, -0.25) is 0 Å². The topological polar surface area (TPSA) is 43.8 Å². The smallest absolute Gasteiger partial charge is 0.399 e. The number of anilines is 1. The number of rotatable bonds is 1. The molecule has 90 valence electrons. The minimum atomic E-state index is -4.50. The summed E-state index contributed by atoms with van der Waals surface area (Å²) in [7, 11) is 0. The number of nitrogens with two attached hydrogens (primary N) is 1. The molecule has 0 amide bonds. The molecule has 0 atom stereocenters. The van der Waals surface area contributed by atoms with Gasteiger partial charge in [-0.15, -0.1) is 0 Å². The summed E-state index contributed by atoms with van der Waals surface area (Å²) in [5, 5.41) is 3.46. The van der Waals surface area contributed by atoms with Crippen molar-refractivity contribution in [3.05, 3.63) is 42.0 Å². The van der Waals surface area contributed by atoms with E-state index in [9.17, 15) is 17.6 Å². The molecule has 0 aliphatic heterocycles. The van der Waals surface area contributed by atoms with Crippen LogP contribution in [-0.2, 0) is 6.18 Å². The van der Waals surface area contributed by atoms with Crippen LogP contribution in [0.4, 0.5) is 23.2 Å². The maximum absolute atomic E-state index is 13.4. The molecular formula is C10H7F4N3.